The first-order chi connectivity index (χ1) is 6.57. The molecule has 1 rings (SSSR count). The number of ether oxygens (including phenoxy) is 2. The monoisotopic (exact) mass is 270 g/mol. The Bertz CT molecular complexity index is 179. The molecular formula is C8H15BrO5. The summed E-state index contributed by atoms with van der Waals surface area (Å²) in [5.74, 6) is 0. The zero-order valence-electron chi connectivity index (χ0n) is 7.84. The lowest BCUT2D eigenvalue weighted by molar-refractivity contribution is -0.291. The van der Waals surface area contributed by atoms with E-state index in [1.807, 2.05) is 0 Å². The average molecular weight is 271 g/mol. The quantitative estimate of drug-likeness (QED) is 0.587. The Morgan fingerprint density at radius 1 is 1.21 bits per heavy atom. The van der Waals surface area contributed by atoms with Crippen molar-refractivity contribution in [2.24, 2.45) is 0 Å². The van der Waals surface area contributed by atoms with E-state index in [1.54, 1.807) is 6.92 Å². The molecule has 1 aliphatic rings. The maximum Gasteiger partial charge on any atom is 0.186 e. The van der Waals surface area contributed by atoms with Crippen LogP contribution in [0.15, 0.2) is 0 Å². The van der Waals surface area contributed by atoms with Crippen molar-refractivity contribution >= 4 is 15.9 Å². The van der Waals surface area contributed by atoms with Gasteiger partial charge in [-0.15, -0.1) is 0 Å². The van der Waals surface area contributed by atoms with Crippen LogP contribution >= 0.6 is 15.9 Å². The van der Waals surface area contributed by atoms with E-state index in [4.69, 9.17) is 9.47 Å². The van der Waals surface area contributed by atoms with Gasteiger partial charge in [0, 0.05) is 5.33 Å². The van der Waals surface area contributed by atoms with E-state index in [-0.39, 0.29) is 0 Å². The minimum Gasteiger partial charge on any atom is -0.388 e. The van der Waals surface area contributed by atoms with Gasteiger partial charge in [-0.3, -0.25) is 0 Å². The molecule has 0 aromatic heterocycles. The molecule has 1 aliphatic heterocycles. The zero-order chi connectivity index (χ0) is 10.7. The molecule has 1 saturated heterocycles. The van der Waals surface area contributed by atoms with E-state index < -0.39 is 30.7 Å². The van der Waals surface area contributed by atoms with Crippen LogP contribution < -0.4 is 0 Å². The third-order valence-electron chi connectivity index (χ3n) is 2.17. The summed E-state index contributed by atoms with van der Waals surface area (Å²) in [4.78, 5) is 0. The first-order valence-corrected chi connectivity index (χ1v) is 5.57. The van der Waals surface area contributed by atoms with Gasteiger partial charge >= 0.3 is 0 Å². The fraction of sp³-hybridized carbons (Fsp3) is 1.00. The number of rotatable bonds is 3. The van der Waals surface area contributed by atoms with Gasteiger partial charge in [0.2, 0.25) is 0 Å². The summed E-state index contributed by atoms with van der Waals surface area (Å²) in [5.41, 5.74) is 0. The highest BCUT2D eigenvalue weighted by atomic mass is 79.9. The molecule has 6 heteroatoms. The van der Waals surface area contributed by atoms with Crippen molar-refractivity contribution in [1.82, 2.24) is 0 Å². The molecule has 0 aromatic carbocycles. The summed E-state index contributed by atoms with van der Waals surface area (Å²) in [6.07, 6.45) is -4.93. The van der Waals surface area contributed by atoms with Crippen molar-refractivity contribution in [3.05, 3.63) is 0 Å². The smallest absolute Gasteiger partial charge is 0.186 e. The molecular weight excluding hydrogens is 256 g/mol. The molecule has 14 heavy (non-hydrogen) atoms. The lowest BCUT2D eigenvalue weighted by Gasteiger charge is -2.38. The number of halogens is 1. The van der Waals surface area contributed by atoms with Gasteiger partial charge in [-0.2, -0.15) is 0 Å². The Kier molecular flexibility index (Phi) is 4.75. The van der Waals surface area contributed by atoms with Crippen molar-refractivity contribution in [3.63, 3.8) is 0 Å². The topological polar surface area (TPSA) is 79.2 Å². The van der Waals surface area contributed by atoms with Crippen molar-refractivity contribution in [3.8, 4) is 0 Å². The Morgan fingerprint density at radius 3 is 2.43 bits per heavy atom. The molecule has 1 heterocycles. The normalized spacial score (nSPS) is 43.9. The number of alkyl halides is 1. The molecule has 0 spiro atoms. The molecule has 0 bridgehead atoms. The van der Waals surface area contributed by atoms with E-state index in [0.717, 1.165) is 0 Å². The Hall–Kier alpha value is 0.280. The highest BCUT2D eigenvalue weighted by Crippen LogP contribution is 2.21. The lowest BCUT2D eigenvalue weighted by Crippen LogP contribution is -2.57. The molecule has 0 saturated carbocycles. The van der Waals surface area contributed by atoms with Gasteiger partial charge in [0.25, 0.3) is 0 Å². The van der Waals surface area contributed by atoms with Crippen molar-refractivity contribution in [2.45, 2.75) is 37.6 Å². The molecule has 0 aromatic rings. The molecule has 5 atom stereocenters. The SMILES string of the molecule is C[C@@H]1O[C@@H](OCCBr)[C@@H](O)[C@H](O)[C@@H]1O. The standard InChI is InChI=1S/C8H15BrO5/c1-4-5(10)6(11)7(12)8(14-4)13-3-2-9/h4-8,10-12H,2-3H2,1H3/t4-,5+,6+,7-,8+/m0/s1. The maximum absolute atomic E-state index is 9.48. The minimum absolute atomic E-state index is 0.372. The summed E-state index contributed by atoms with van der Waals surface area (Å²) in [6.45, 7) is 1.99. The van der Waals surface area contributed by atoms with Crippen molar-refractivity contribution < 1.29 is 24.8 Å². The van der Waals surface area contributed by atoms with E-state index >= 15 is 0 Å². The van der Waals surface area contributed by atoms with Gasteiger partial charge in [0.05, 0.1) is 12.7 Å². The van der Waals surface area contributed by atoms with E-state index in [0.29, 0.717) is 11.9 Å². The number of hydrogen-bond donors (Lipinski definition) is 3. The third-order valence-corrected chi connectivity index (χ3v) is 2.49. The Morgan fingerprint density at radius 2 is 1.86 bits per heavy atom. The lowest BCUT2D eigenvalue weighted by atomic mass is 10.0. The summed E-state index contributed by atoms with van der Waals surface area (Å²) in [7, 11) is 0. The molecule has 84 valence electrons. The molecule has 5 nitrogen and oxygen atoms in total. The number of aliphatic hydroxyl groups is 3. The summed E-state index contributed by atoms with van der Waals surface area (Å²) < 4.78 is 10.3. The third kappa shape index (κ3) is 2.65. The molecule has 0 amide bonds. The van der Waals surface area contributed by atoms with E-state index in [1.165, 1.54) is 0 Å². The summed E-state index contributed by atoms with van der Waals surface area (Å²) in [5, 5.41) is 28.9. The molecule has 1 fully saturated rings. The minimum atomic E-state index is -1.22. The van der Waals surface area contributed by atoms with E-state index in [9.17, 15) is 15.3 Å². The van der Waals surface area contributed by atoms with Crippen LogP contribution in [0.1, 0.15) is 6.92 Å². The van der Waals surface area contributed by atoms with Gasteiger partial charge in [0.15, 0.2) is 6.29 Å². The van der Waals surface area contributed by atoms with Crippen molar-refractivity contribution in [1.29, 1.82) is 0 Å². The fourth-order valence-corrected chi connectivity index (χ4v) is 1.50. The Balaban J connectivity index is 2.52. The van der Waals surface area contributed by atoms with Gasteiger partial charge < -0.3 is 24.8 Å². The van der Waals surface area contributed by atoms with Gasteiger partial charge in [-0.05, 0) is 6.92 Å². The van der Waals surface area contributed by atoms with Crippen LogP contribution in [0.3, 0.4) is 0 Å². The van der Waals surface area contributed by atoms with Crippen LogP contribution in [0.5, 0.6) is 0 Å². The Labute approximate surface area is 90.8 Å². The van der Waals surface area contributed by atoms with Crippen LogP contribution in [0.4, 0.5) is 0 Å². The van der Waals surface area contributed by atoms with Gasteiger partial charge in [0.1, 0.15) is 18.3 Å². The van der Waals surface area contributed by atoms with Crippen LogP contribution in [0.25, 0.3) is 0 Å². The highest BCUT2D eigenvalue weighted by molar-refractivity contribution is 9.09. The highest BCUT2D eigenvalue weighted by Gasteiger charge is 2.42. The number of hydrogen-bond acceptors (Lipinski definition) is 5. The average Bonchev–Trinajstić information content (AvgIpc) is 2.18. The second-order valence-corrected chi connectivity index (χ2v) is 4.03. The predicted molar refractivity (Wildman–Crippen MR) is 52.1 cm³/mol. The predicted octanol–water partition coefficient (Wildman–Crippen LogP) is -0.775. The molecule has 0 radical (unpaired) electrons. The van der Waals surface area contributed by atoms with Gasteiger partial charge in [-0.25, -0.2) is 0 Å². The molecule has 3 N–H and O–H groups in total. The first-order valence-electron chi connectivity index (χ1n) is 4.45. The second-order valence-electron chi connectivity index (χ2n) is 3.24. The van der Waals surface area contributed by atoms with Crippen molar-refractivity contribution in [2.75, 3.05) is 11.9 Å². The van der Waals surface area contributed by atoms with Crippen LogP contribution in [-0.2, 0) is 9.47 Å². The van der Waals surface area contributed by atoms with Crippen LogP contribution in [0, 0.1) is 0 Å². The fourth-order valence-electron chi connectivity index (χ4n) is 1.31. The maximum atomic E-state index is 9.48. The summed E-state index contributed by atoms with van der Waals surface area (Å²) >= 11 is 3.16. The first kappa shape index (κ1) is 12.4. The number of aliphatic hydroxyl groups excluding tert-OH is 3. The zero-order valence-corrected chi connectivity index (χ0v) is 9.42. The largest absolute Gasteiger partial charge is 0.388 e. The summed E-state index contributed by atoms with van der Waals surface area (Å²) in [6, 6.07) is 0. The second kappa shape index (κ2) is 5.39. The van der Waals surface area contributed by atoms with Gasteiger partial charge in [-0.1, -0.05) is 15.9 Å². The van der Waals surface area contributed by atoms with Crippen LogP contribution in [0.2, 0.25) is 0 Å². The molecule has 0 unspecified atom stereocenters. The van der Waals surface area contributed by atoms with Crippen LogP contribution in [-0.4, -0.2) is 58.0 Å². The van der Waals surface area contributed by atoms with E-state index in [2.05, 4.69) is 15.9 Å². The molecule has 0 aliphatic carbocycles.